The molecule has 2 N–H and O–H groups in total. The van der Waals surface area contributed by atoms with Gasteiger partial charge in [-0.1, -0.05) is 24.3 Å². The van der Waals surface area contributed by atoms with Gasteiger partial charge in [0.15, 0.2) is 5.82 Å². The van der Waals surface area contributed by atoms with E-state index in [9.17, 15) is 9.59 Å². The van der Waals surface area contributed by atoms with E-state index in [2.05, 4.69) is 32.7 Å². The van der Waals surface area contributed by atoms with Crippen LogP contribution >= 0.6 is 0 Å². The summed E-state index contributed by atoms with van der Waals surface area (Å²) in [5.74, 6) is 0.394. The Morgan fingerprint density at radius 1 is 0.943 bits per heavy atom. The maximum absolute atomic E-state index is 12.9. The minimum Gasteiger partial charge on any atom is -0.375 e. The van der Waals surface area contributed by atoms with Gasteiger partial charge >= 0.3 is 0 Å². The zero-order chi connectivity index (χ0) is 24.5. The van der Waals surface area contributed by atoms with Gasteiger partial charge in [0.1, 0.15) is 0 Å². The van der Waals surface area contributed by atoms with E-state index in [-0.39, 0.29) is 36.2 Å². The molecular weight excluding hydrogens is 438 g/mol. The van der Waals surface area contributed by atoms with E-state index in [1.54, 1.807) is 0 Å². The van der Waals surface area contributed by atoms with Gasteiger partial charge in [-0.3, -0.25) is 9.59 Å². The lowest BCUT2D eigenvalue weighted by Gasteiger charge is -2.24. The molecule has 0 bridgehead atoms. The number of hydrogen-bond donors (Lipinski definition) is 2. The molecule has 2 aromatic carbocycles. The highest BCUT2D eigenvalue weighted by Gasteiger charge is 2.39. The van der Waals surface area contributed by atoms with Gasteiger partial charge in [-0.25, -0.2) is 9.97 Å². The molecule has 2 heterocycles. The Hall–Kier alpha value is -3.74. The first-order valence-electron chi connectivity index (χ1n) is 12.2. The molecule has 2 amide bonds. The number of nitrogens with zero attached hydrogens (tertiary/aromatic N) is 3. The average Bonchev–Trinajstić information content (AvgIpc) is 3.43. The second-order valence-corrected chi connectivity index (χ2v) is 9.72. The molecule has 2 unspecified atom stereocenters. The summed E-state index contributed by atoms with van der Waals surface area (Å²) in [7, 11) is 0. The number of amides is 2. The van der Waals surface area contributed by atoms with Gasteiger partial charge in [-0.2, -0.15) is 0 Å². The number of anilines is 2. The predicted molar refractivity (Wildman–Crippen MR) is 136 cm³/mol. The molecule has 7 nitrogen and oxygen atoms in total. The highest BCUT2D eigenvalue weighted by molar-refractivity contribution is 5.97. The number of nitrogens with one attached hydrogen (secondary N) is 2. The molecule has 0 radical (unpaired) electrons. The van der Waals surface area contributed by atoms with Crippen LogP contribution < -0.4 is 10.6 Å². The van der Waals surface area contributed by atoms with Crippen LogP contribution in [0.15, 0.2) is 54.6 Å². The molecule has 0 saturated carbocycles. The number of carbonyl (C=O) groups is 2. The van der Waals surface area contributed by atoms with Crippen molar-refractivity contribution in [1.82, 2.24) is 14.9 Å². The normalized spacial score (nSPS) is 18.4. The highest BCUT2D eigenvalue weighted by atomic mass is 16.2. The molecule has 3 aromatic rings. The standard InChI is InChI=1S/C28H31N5O2/c1-17-12-18(2)30-27(29-17)19(3)31-23-8-10-24(11-9-23)32-28(35)22-15-26(34)33(16-22)25-13-20-6-4-5-7-21(20)14-25/h4-12,19,22,25,31H,13-16H2,1-3H3,(H,32,35). The first-order valence-corrected chi connectivity index (χ1v) is 12.2. The molecule has 1 aromatic heterocycles. The van der Waals surface area contributed by atoms with Gasteiger partial charge in [0.2, 0.25) is 11.8 Å². The highest BCUT2D eigenvalue weighted by Crippen LogP contribution is 2.30. The van der Waals surface area contributed by atoms with Crippen molar-refractivity contribution in [3.8, 4) is 0 Å². The molecule has 7 heteroatoms. The second kappa shape index (κ2) is 9.49. The molecule has 5 rings (SSSR count). The molecule has 2 aliphatic rings. The number of carbonyl (C=O) groups excluding carboxylic acids is 2. The lowest BCUT2D eigenvalue weighted by molar-refractivity contribution is -0.129. The minimum atomic E-state index is -0.328. The Labute approximate surface area is 206 Å². The zero-order valence-electron chi connectivity index (χ0n) is 20.4. The van der Waals surface area contributed by atoms with Gasteiger partial charge in [-0.15, -0.1) is 0 Å². The van der Waals surface area contributed by atoms with Crippen molar-refractivity contribution in [2.75, 3.05) is 17.2 Å². The maximum Gasteiger partial charge on any atom is 0.229 e. The summed E-state index contributed by atoms with van der Waals surface area (Å²) in [4.78, 5) is 36.6. The van der Waals surface area contributed by atoms with Crippen LogP contribution in [-0.2, 0) is 22.4 Å². The Morgan fingerprint density at radius 3 is 2.17 bits per heavy atom. The molecule has 180 valence electrons. The number of aryl methyl sites for hydroxylation is 2. The van der Waals surface area contributed by atoms with E-state index < -0.39 is 0 Å². The molecule has 1 saturated heterocycles. The predicted octanol–water partition coefficient (Wildman–Crippen LogP) is 4.22. The van der Waals surface area contributed by atoms with Crippen molar-refractivity contribution in [2.45, 2.75) is 52.1 Å². The molecule has 1 aliphatic heterocycles. The topological polar surface area (TPSA) is 87.2 Å². The fourth-order valence-electron chi connectivity index (χ4n) is 5.17. The Bertz CT molecular complexity index is 1210. The van der Waals surface area contributed by atoms with Crippen molar-refractivity contribution >= 4 is 23.2 Å². The van der Waals surface area contributed by atoms with E-state index in [0.717, 1.165) is 41.4 Å². The average molecular weight is 470 g/mol. The molecule has 35 heavy (non-hydrogen) atoms. The third kappa shape index (κ3) is 5.04. The largest absolute Gasteiger partial charge is 0.375 e. The first kappa shape index (κ1) is 23.0. The van der Waals surface area contributed by atoms with Crippen LogP contribution in [0.3, 0.4) is 0 Å². The number of rotatable bonds is 6. The maximum atomic E-state index is 12.9. The van der Waals surface area contributed by atoms with Crippen LogP contribution in [0.25, 0.3) is 0 Å². The second-order valence-electron chi connectivity index (χ2n) is 9.72. The summed E-state index contributed by atoms with van der Waals surface area (Å²) in [6.45, 7) is 6.43. The lowest BCUT2D eigenvalue weighted by atomic mass is 10.1. The number of benzene rings is 2. The van der Waals surface area contributed by atoms with Crippen molar-refractivity contribution in [3.05, 3.63) is 82.9 Å². The lowest BCUT2D eigenvalue weighted by Crippen LogP contribution is -2.38. The molecule has 2 atom stereocenters. The van der Waals surface area contributed by atoms with Gasteiger partial charge in [-0.05, 0) is 75.1 Å². The third-order valence-electron chi connectivity index (χ3n) is 6.92. The van der Waals surface area contributed by atoms with Crippen LogP contribution in [0.5, 0.6) is 0 Å². The van der Waals surface area contributed by atoms with Crippen molar-refractivity contribution in [3.63, 3.8) is 0 Å². The molecule has 1 fully saturated rings. The van der Waals surface area contributed by atoms with Gasteiger partial charge in [0.05, 0.1) is 12.0 Å². The van der Waals surface area contributed by atoms with Crippen LogP contribution in [0.1, 0.15) is 47.7 Å². The number of aromatic nitrogens is 2. The van der Waals surface area contributed by atoms with Crippen LogP contribution in [-0.4, -0.2) is 39.3 Å². The number of likely N-dealkylation sites (tertiary alicyclic amines) is 1. The monoisotopic (exact) mass is 469 g/mol. The zero-order valence-corrected chi connectivity index (χ0v) is 20.4. The van der Waals surface area contributed by atoms with Crippen LogP contribution in [0.4, 0.5) is 11.4 Å². The quantitative estimate of drug-likeness (QED) is 0.564. The minimum absolute atomic E-state index is 0.0498. The van der Waals surface area contributed by atoms with E-state index in [1.807, 2.05) is 68.1 Å². The van der Waals surface area contributed by atoms with Gasteiger partial charge in [0.25, 0.3) is 0 Å². The summed E-state index contributed by atoms with van der Waals surface area (Å²) < 4.78 is 0. The summed E-state index contributed by atoms with van der Waals surface area (Å²) >= 11 is 0. The van der Waals surface area contributed by atoms with Crippen molar-refractivity contribution in [1.29, 1.82) is 0 Å². The van der Waals surface area contributed by atoms with Gasteiger partial charge < -0.3 is 15.5 Å². The summed E-state index contributed by atoms with van der Waals surface area (Å²) in [5, 5.41) is 6.40. The summed E-state index contributed by atoms with van der Waals surface area (Å²) in [6.07, 6.45) is 2.01. The SMILES string of the molecule is Cc1cc(C)nc(C(C)Nc2ccc(NC(=O)C3CC(=O)N(C4Cc5ccccc5C4)C3)cc2)n1. The van der Waals surface area contributed by atoms with E-state index >= 15 is 0 Å². The molecule has 0 spiro atoms. The Morgan fingerprint density at radius 2 is 1.54 bits per heavy atom. The van der Waals surface area contributed by atoms with E-state index in [4.69, 9.17) is 0 Å². The van der Waals surface area contributed by atoms with Crippen LogP contribution in [0.2, 0.25) is 0 Å². The van der Waals surface area contributed by atoms with Gasteiger partial charge in [0, 0.05) is 41.8 Å². The van der Waals surface area contributed by atoms with Crippen molar-refractivity contribution in [2.24, 2.45) is 5.92 Å². The van der Waals surface area contributed by atoms with Crippen molar-refractivity contribution < 1.29 is 9.59 Å². The molecule has 1 aliphatic carbocycles. The smallest absolute Gasteiger partial charge is 0.229 e. The summed E-state index contributed by atoms with van der Waals surface area (Å²) in [5.41, 5.74) is 6.15. The first-order chi connectivity index (χ1) is 16.9. The summed E-state index contributed by atoms with van der Waals surface area (Å²) in [6, 6.07) is 18.0. The molecular formula is C28H31N5O2. The fourth-order valence-corrected chi connectivity index (χ4v) is 5.17. The number of hydrogen-bond acceptors (Lipinski definition) is 5. The number of fused-ring (bicyclic) bond motifs is 1. The van der Waals surface area contributed by atoms with E-state index in [0.29, 0.717) is 6.54 Å². The van der Waals surface area contributed by atoms with Crippen LogP contribution in [0, 0.1) is 19.8 Å². The fraction of sp³-hybridized carbons (Fsp3) is 0.357. The Kier molecular flexibility index (Phi) is 6.24. The van der Waals surface area contributed by atoms with E-state index in [1.165, 1.54) is 11.1 Å². The Balaban J connectivity index is 1.16. The third-order valence-corrected chi connectivity index (χ3v) is 6.92.